The Balaban J connectivity index is 1.64. The Kier molecular flexibility index (Phi) is 4.66. The summed E-state index contributed by atoms with van der Waals surface area (Å²) in [7, 11) is 0. The predicted molar refractivity (Wildman–Crippen MR) is 90.2 cm³/mol. The molecule has 0 aromatic heterocycles. The summed E-state index contributed by atoms with van der Waals surface area (Å²) in [6.45, 7) is 9.91. The molecule has 3 fully saturated rings. The van der Waals surface area contributed by atoms with E-state index >= 15 is 0 Å². The van der Waals surface area contributed by atoms with E-state index in [4.69, 9.17) is 5.73 Å². The van der Waals surface area contributed by atoms with Crippen LogP contribution >= 0.6 is 0 Å². The van der Waals surface area contributed by atoms with Gasteiger partial charge in [0, 0.05) is 18.6 Å². The highest BCUT2D eigenvalue weighted by Crippen LogP contribution is 2.42. The highest BCUT2D eigenvalue weighted by atomic mass is 15.2. The SMILES string of the molecule is CC(C)(C)C1CCC(N)C(N2CCC3CCCCC3C2)C1. The second-order valence-electron chi connectivity index (χ2n) is 9.20. The van der Waals surface area contributed by atoms with Gasteiger partial charge in [-0.1, -0.05) is 40.0 Å². The number of piperidine rings is 1. The van der Waals surface area contributed by atoms with E-state index in [-0.39, 0.29) is 0 Å². The molecule has 2 N–H and O–H groups in total. The molecule has 5 atom stereocenters. The normalized spacial score (nSPS) is 42.6. The summed E-state index contributed by atoms with van der Waals surface area (Å²) in [5.41, 5.74) is 6.99. The molecule has 0 bridgehead atoms. The van der Waals surface area contributed by atoms with Crippen LogP contribution in [0, 0.1) is 23.2 Å². The zero-order valence-electron chi connectivity index (χ0n) is 14.5. The van der Waals surface area contributed by atoms with Crippen molar-refractivity contribution in [1.29, 1.82) is 0 Å². The van der Waals surface area contributed by atoms with Crippen LogP contribution in [0.2, 0.25) is 0 Å². The summed E-state index contributed by atoms with van der Waals surface area (Å²) >= 11 is 0. The highest BCUT2D eigenvalue weighted by molar-refractivity contribution is 4.95. The third kappa shape index (κ3) is 3.47. The van der Waals surface area contributed by atoms with E-state index in [9.17, 15) is 0 Å². The van der Waals surface area contributed by atoms with Crippen LogP contribution in [0.25, 0.3) is 0 Å². The monoisotopic (exact) mass is 292 g/mol. The fraction of sp³-hybridized carbons (Fsp3) is 1.00. The van der Waals surface area contributed by atoms with Crippen molar-refractivity contribution >= 4 is 0 Å². The Labute approximate surface area is 131 Å². The summed E-state index contributed by atoms with van der Waals surface area (Å²) < 4.78 is 0. The first-order valence-corrected chi connectivity index (χ1v) is 9.45. The zero-order chi connectivity index (χ0) is 15.0. The lowest BCUT2D eigenvalue weighted by molar-refractivity contribution is 0.0124. The average Bonchev–Trinajstić information content (AvgIpc) is 2.46. The van der Waals surface area contributed by atoms with Crippen molar-refractivity contribution in [1.82, 2.24) is 4.90 Å². The third-order valence-electron chi connectivity index (χ3n) is 6.89. The zero-order valence-corrected chi connectivity index (χ0v) is 14.5. The Morgan fingerprint density at radius 1 is 0.905 bits per heavy atom. The van der Waals surface area contributed by atoms with E-state index < -0.39 is 0 Å². The summed E-state index contributed by atoms with van der Waals surface area (Å²) in [6.07, 6.45) is 11.3. The second kappa shape index (κ2) is 6.20. The number of nitrogens with zero attached hydrogens (tertiary/aromatic N) is 1. The molecule has 2 nitrogen and oxygen atoms in total. The fourth-order valence-electron chi connectivity index (χ4n) is 5.31. The topological polar surface area (TPSA) is 29.3 Å². The molecule has 3 aliphatic rings. The smallest absolute Gasteiger partial charge is 0.0250 e. The quantitative estimate of drug-likeness (QED) is 0.790. The molecule has 0 amide bonds. The van der Waals surface area contributed by atoms with Gasteiger partial charge in [-0.2, -0.15) is 0 Å². The molecule has 21 heavy (non-hydrogen) atoms. The minimum absolute atomic E-state index is 0.420. The van der Waals surface area contributed by atoms with Gasteiger partial charge in [0.25, 0.3) is 0 Å². The van der Waals surface area contributed by atoms with Gasteiger partial charge in [0.2, 0.25) is 0 Å². The number of nitrogens with two attached hydrogens (primary N) is 1. The molecular formula is C19H36N2. The molecule has 1 saturated heterocycles. The molecule has 1 heterocycles. The largest absolute Gasteiger partial charge is 0.326 e. The molecule has 0 aromatic carbocycles. The first kappa shape index (κ1) is 15.8. The second-order valence-corrected chi connectivity index (χ2v) is 9.20. The van der Waals surface area contributed by atoms with E-state index in [2.05, 4.69) is 25.7 Å². The Morgan fingerprint density at radius 3 is 2.33 bits per heavy atom. The molecule has 5 unspecified atom stereocenters. The maximum atomic E-state index is 6.54. The summed E-state index contributed by atoms with van der Waals surface area (Å²) in [6, 6.07) is 1.08. The van der Waals surface area contributed by atoms with Gasteiger partial charge < -0.3 is 5.73 Å². The summed E-state index contributed by atoms with van der Waals surface area (Å²) in [5, 5.41) is 0. The van der Waals surface area contributed by atoms with E-state index in [1.807, 2.05) is 0 Å². The number of fused-ring (bicyclic) bond motifs is 1. The van der Waals surface area contributed by atoms with Crippen LogP contribution in [0.4, 0.5) is 0 Å². The minimum Gasteiger partial charge on any atom is -0.326 e. The summed E-state index contributed by atoms with van der Waals surface area (Å²) in [5.74, 6) is 2.87. The van der Waals surface area contributed by atoms with Crippen LogP contribution in [0.1, 0.15) is 72.1 Å². The Bertz CT molecular complexity index is 346. The van der Waals surface area contributed by atoms with Gasteiger partial charge in [0.1, 0.15) is 0 Å². The third-order valence-corrected chi connectivity index (χ3v) is 6.89. The number of rotatable bonds is 1. The van der Waals surface area contributed by atoms with Gasteiger partial charge in [-0.3, -0.25) is 4.90 Å². The molecule has 2 heteroatoms. The predicted octanol–water partition coefficient (Wildman–Crippen LogP) is 4.04. The molecule has 3 rings (SSSR count). The van der Waals surface area contributed by atoms with Crippen molar-refractivity contribution in [2.24, 2.45) is 28.9 Å². The molecule has 2 saturated carbocycles. The van der Waals surface area contributed by atoms with E-state index in [1.165, 1.54) is 64.5 Å². The number of likely N-dealkylation sites (tertiary alicyclic amines) is 1. The lowest BCUT2D eigenvalue weighted by Crippen LogP contribution is -2.56. The maximum absolute atomic E-state index is 6.54. The van der Waals surface area contributed by atoms with Crippen LogP contribution in [0.5, 0.6) is 0 Å². The molecule has 2 aliphatic carbocycles. The van der Waals surface area contributed by atoms with Crippen LogP contribution in [-0.2, 0) is 0 Å². The molecule has 122 valence electrons. The first-order chi connectivity index (χ1) is 9.95. The maximum Gasteiger partial charge on any atom is 0.0250 e. The van der Waals surface area contributed by atoms with Crippen molar-refractivity contribution in [2.75, 3.05) is 13.1 Å². The van der Waals surface area contributed by atoms with Gasteiger partial charge in [-0.25, -0.2) is 0 Å². The van der Waals surface area contributed by atoms with Crippen molar-refractivity contribution in [3.63, 3.8) is 0 Å². The van der Waals surface area contributed by atoms with Crippen molar-refractivity contribution in [2.45, 2.75) is 84.2 Å². The van der Waals surface area contributed by atoms with Gasteiger partial charge in [-0.05, 0) is 61.8 Å². The van der Waals surface area contributed by atoms with E-state index in [0.717, 1.165) is 17.8 Å². The lowest BCUT2D eigenvalue weighted by atomic mass is 9.68. The first-order valence-electron chi connectivity index (χ1n) is 9.45. The van der Waals surface area contributed by atoms with Gasteiger partial charge in [-0.15, -0.1) is 0 Å². The van der Waals surface area contributed by atoms with E-state index in [1.54, 1.807) is 0 Å². The Hall–Kier alpha value is -0.0800. The molecular weight excluding hydrogens is 256 g/mol. The van der Waals surface area contributed by atoms with Crippen LogP contribution in [0.15, 0.2) is 0 Å². The van der Waals surface area contributed by atoms with Gasteiger partial charge in [0.15, 0.2) is 0 Å². The standard InChI is InChI=1S/C19H36N2/c1-19(2,3)16-8-9-17(20)18(12-16)21-11-10-14-6-4-5-7-15(14)13-21/h14-18H,4-13,20H2,1-3H3. The van der Waals surface area contributed by atoms with Crippen molar-refractivity contribution in [3.8, 4) is 0 Å². The highest BCUT2D eigenvalue weighted by Gasteiger charge is 2.40. The Morgan fingerprint density at radius 2 is 1.62 bits per heavy atom. The minimum atomic E-state index is 0.420. The number of hydrogen-bond acceptors (Lipinski definition) is 2. The molecule has 0 aromatic rings. The molecule has 0 spiro atoms. The number of hydrogen-bond donors (Lipinski definition) is 1. The van der Waals surface area contributed by atoms with Crippen LogP contribution in [0.3, 0.4) is 0 Å². The van der Waals surface area contributed by atoms with Crippen LogP contribution < -0.4 is 5.73 Å². The van der Waals surface area contributed by atoms with Crippen molar-refractivity contribution in [3.05, 3.63) is 0 Å². The lowest BCUT2D eigenvalue weighted by Gasteiger charge is -2.49. The fourth-order valence-corrected chi connectivity index (χ4v) is 5.31. The average molecular weight is 293 g/mol. The van der Waals surface area contributed by atoms with Crippen molar-refractivity contribution < 1.29 is 0 Å². The summed E-state index contributed by atoms with van der Waals surface area (Å²) in [4.78, 5) is 2.80. The van der Waals surface area contributed by atoms with Gasteiger partial charge in [0.05, 0.1) is 0 Å². The molecule has 1 aliphatic heterocycles. The molecule has 0 radical (unpaired) electrons. The van der Waals surface area contributed by atoms with E-state index in [0.29, 0.717) is 17.5 Å². The van der Waals surface area contributed by atoms with Crippen LogP contribution in [-0.4, -0.2) is 30.1 Å². The van der Waals surface area contributed by atoms with Gasteiger partial charge >= 0.3 is 0 Å².